The van der Waals surface area contributed by atoms with Crippen molar-refractivity contribution in [1.29, 1.82) is 0 Å². The molecule has 8 heteroatoms. The van der Waals surface area contributed by atoms with Crippen LogP contribution in [0.25, 0.3) is 0 Å². The Labute approximate surface area is 124 Å². The molecule has 3 atom stereocenters. The number of hydrogen-bond donors (Lipinski definition) is 2. The van der Waals surface area contributed by atoms with Crippen LogP contribution < -0.4 is 4.74 Å². The van der Waals surface area contributed by atoms with Crippen molar-refractivity contribution < 1.29 is 24.5 Å². The molecule has 110 valence electrons. The van der Waals surface area contributed by atoms with E-state index >= 15 is 0 Å². The summed E-state index contributed by atoms with van der Waals surface area (Å²) < 4.78 is 5.53. The summed E-state index contributed by atoms with van der Waals surface area (Å²) in [7, 11) is 0. The van der Waals surface area contributed by atoms with Gasteiger partial charge in [-0.25, -0.2) is 4.79 Å². The van der Waals surface area contributed by atoms with Crippen LogP contribution >= 0.6 is 11.8 Å². The molecule has 0 aromatic heterocycles. The maximum absolute atomic E-state index is 11.8. The average Bonchev–Trinajstić information content (AvgIpc) is 2.85. The third kappa shape index (κ3) is 2.47. The number of β-lactam (4-membered cyclic amide) rings is 1. The first-order valence-electron chi connectivity index (χ1n) is 6.22. The maximum Gasteiger partial charge on any atom is 0.354 e. The summed E-state index contributed by atoms with van der Waals surface area (Å²) in [5.74, 6) is -1.23. The number of ether oxygens (including phenoxy) is 1. The largest absolute Gasteiger partial charge is 0.487 e. The van der Waals surface area contributed by atoms with Gasteiger partial charge in [0.15, 0.2) is 6.04 Å². The van der Waals surface area contributed by atoms with Crippen LogP contribution in [0.15, 0.2) is 35.3 Å². The lowest BCUT2D eigenvalue weighted by Gasteiger charge is -2.42. The number of carbonyl (C=O) groups is 2. The lowest BCUT2D eigenvalue weighted by Crippen LogP contribution is -2.66. The highest BCUT2D eigenvalue weighted by Crippen LogP contribution is 2.40. The normalized spacial score (nSPS) is 24.9. The minimum absolute atomic E-state index is 0.214. The molecule has 1 aromatic carbocycles. The van der Waals surface area contributed by atoms with Crippen molar-refractivity contribution in [3.05, 3.63) is 30.3 Å². The Morgan fingerprint density at radius 1 is 1.43 bits per heavy atom. The molecule has 2 aliphatic rings. The Morgan fingerprint density at radius 3 is 2.81 bits per heavy atom. The lowest BCUT2D eigenvalue weighted by atomic mass is 10.1. The smallest absolute Gasteiger partial charge is 0.354 e. The highest BCUT2D eigenvalue weighted by atomic mass is 32.2. The molecule has 3 unspecified atom stereocenters. The third-order valence-electron chi connectivity index (χ3n) is 3.18. The molecule has 1 fully saturated rings. The van der Waals surface area contributed by atoms with Crippen LogP contribution in [-0.4, -0.2) is 56.3 Å². The number of aliphatic hydroxyl groups excluding tert-OH is 1. The van der Waals surface area contributed by atoms with Crippen molar-refractivity contribution in [2.75, 3.05) is 6.61 Å². The zero-order chi connectivity index (χ0) is 15.0. The fourth-order valence-corrected chi connectivity index (χ4v) is 3.37. The van der Waals surface area contributed by atoms with Crippen molar-refractivity contribution in [1.82, 2.24) is 4.90 Å². The molecule has 0 bridgehead atoms. The van der Waals surface area contributed by atoms with Crippen LogP contribution in [0.1, 0.15) is 0 Å². The predicted molar refractivity (Wildman–Crippen MR) is 75.0 cm³/mol. The fraction of sp³-hybridized carbons (Fsp3) is 0.308. The van der Waals surface area contributed by atoms with Crippen LogP contribution in [0.3, 0.4) is 0 Å². The van der Waals surface area contributed by atoms with Gasteiger partial charge in [0.2, 0.25) is 6.23 Å². The molecular formula is C13H12N2O5S. The molecule has 7 nitrogen and oxygen atoms in total. The molecule has 2 heterocycles. The van der Waals surface area contributed by atoms with E-state index in [-0.39, 0.29) is 6.61 Å². The molecule has 21 heavy (non-hydrogen) atoms. The number of thioether (sulfide) groups is 1. The summed E-state index contributed by atoms with van der Waals surface area (Å²) in [5, 5.41) is 18.4. The van der Waals surface area contributed by atoms with E-state index in [1.165, 1.54) is 11.8 Å². The van der Waals surface area contributed by atoms with Gasteiger partial charge in [0.05, 0.1) is 0 Å². The Kier molecular flexibility index (Phi) is 3.56. The first kappa shape index (κ1) is 13.9. The van der Waals surface area contributed by atoms with E-state index in [0.717, 1.165) is 4.90 Å². The quantitative estimate of drug-likeness (QED) is 0.751. The maximum atomic E-state index is 11.8. The van der Waals surface area contributed by atoms with Gasteiger partial charge < -0.3 is 14.9 Å². The van der Waals surface area contributed by atoms with Gasteiger partial charge in [-0.3, -0.25) is 14.7 Å². The van der Waals surface area contributed by atoms with Gasteiger partial charge in [-0.15, -0.1) is 0 Å². The Morgan fingerprint density at radius 2 is 2.14 bits per heavy atom. The number of para-hydroxylation sites is 1. The SMILES string of the molecule is O=C(O)C(O)N1C(=O)C2N=C(COc3ccccc3)SC21. The summed E-state index contributed by atoms with van der Waals surface area (Å²) >= 11 is 1.24. The second-order valence-electron chi connectivity index (χ2n) is 4.54. The van der Waals surface area contributed by atoms with Crippen molar-refractivity contribution in [3.63, 3.8) is 0 Å². The molecule has 1 aromatic rings. The van der Waals surface area contributed by atoms with Crippen LogP contribution in [0.2, 0.25) is 0 Å². The molecule has 0 spiro atoms. The highest BCUT2D eigenvalue weighted by molar-refractivity contribution is 8.15. The van der Waals surface area contributed by atoms with Gasteiger partial charge >= 0.3 is 5.97 Å². The van der Waals surface area contributed by atoms with E-state index < -0.39 is 29.5 Å². The van der Waals surface area contributed by atoms with Crippen LogP contribution in [0, 0.1) is 0 Å². The number of nitrogens with zero attached hydrogens (tertiary/aromatic N) is 2. The number of aliphatic imine (C=N–C) groups is 1. The molecule has 1 amide bonds. The number of carbonyl (C=O) groups excluding carboxylic acids is 1. The monoisotopic (exact) mass is 308 g/mol. The Hall–Kier alpha value is -2.06. The number of hydrogen-bond acceptors (Lipinski definition) is 6. The number of benzene rings is 1. The number of amides is 1. The van der Waals surface area contributed by atoms with Crippen LogP contribution in [-0.2, 0) is 9.59 Å². The molecule has 1 saturated heterocycles. The lowest BCUT2D eigenvalue weighted by molar-refractivity contribution is -0.176. The van der Waals surface area contributed by atoms with Gasteiger partial charge in [0.25, 0.3) is 5.91 Å². The number of rotatable bonds is 5. The molecule has 2 N–H and O–H groups in total. The van der Waals surface area contributed by atoms with Crippen LogP contribution in [0.5, 0.6) is 5.75 Å². The topological polar surface area (TPSA) is 99.4 Å². The van der Waals surface area contributed by atoms with Crippen molar-refractivity contribution in [2.24, 2.45) is 4.99 Å². The number of aliphatic carboxylic acids is 1. The molecule has 0 saturated carbocycles. The van der Waals surface area contributed by atoms with Gasteiger partial charge in [-0.2, -0.15) is 0 Å². The van der Waals surface area contributed by atoms with Crippen molar-refractivity contribution in [3.8, 4) is 5.75 Å². The summed E-state index contributed by atoms with van der Waals surface area (Å²) in [5.41, 5.74) is 0. The van der Waals surface area contributed by atoms with E-state index in [1.54, 1.807) is 12.1 Å². The predicted octanol–water partition coefficient (Wildman–Crippen LogP) is 0.151. The Bertz CT molecular complexity index is 606. The zero-order valence-corrected chi connectivity index (χ0v) is 11.6. The van der Waals surface area contributed by atoms with Crippen molar-refractivity contribution in [2.45, 2.75) is 17.6 Å². The van der Waals surface area contributed by atoms with E-state index in [0.29, 0.717) is 10.8 Å². The average molecular weight is 308 g/mol. The minimum Gasteiger partial charge on any atom is -0.487 e. The van der Waals surface area contributed by atoms with Crippen LogP contribution in [0.4, 0.5) is 0 Å². The zero-order valence-electron chi connectivity index (χ0n) is 10.7. The highest BCUT2D eigenvalue weighted by Gasteiger charge is 2.56. The fourth-order valence-electron chi connectivity index (χ4n) is 2.15. The standard InChI is InChI=1S/C13H12N2O5S/c16-10-9-12(15(10)11(17)13(18)19)21-8(14-9)6-20-7-4-2-1-3-5-7/h1-5,9,11-12,17H,6H2,(H,18,19). The molecule has 2 aliphatic heterocycles. The summed E-state index contributed by atoms with van der Waals surface area (Å²) in [6.45, 7) is 0.214. The molecular weight excluding hydrogens is 296 g/mol. The number of likely N-dealkylation sites (tertiary alicyclic amines) is 1. The summed E-state index contributed by atoms with van der Waals surface area (Å²) in [6, 6.07) is 8.56. The van der Waals surface area contributed by atoms with E-state index in [4.69, 9.17) is 9.84 Å². The first-order valence-corrected chi connectivity index (χ1v) is 7.10. The number of aliphatic hydroxyl groups is 1. The summed E-state index contributed by atoms with van der Waals surface area (Å²) in [4.78, 5) is 27.6. The number of fused-ring (bicyclic) bond motifs is 1. The third-order valence-corrected chi connectivity index (χ3v) is 4.40. The molecule has 0 aliphatic carbocycles. The summed E-state index contributed by atoms with van der Waals surface area (Å²) in [6.07, 6.45) is -1.82. The van der Waals surface area contributed by atoms with E-state index in [2.05, 4.69) is 4.99 Å². The number of carboxylic acid groups (broad SMARTS) is 1. The first-order chi connectivity index (χ1) is 10.1. The minimum atomic E-state index is -1.82. The molecule has 3 rings (SSSR count). The van der Waals surface area contributed by atoms with Gasteiger partial charge in [0.1, 0.15) is 22.8 Å². The van der Waals surface area contributed by atoms with Crippen molar-refractivity contribution >= 4 is 28.7 Å². The Balaban J connectivity index is 1.60. The van der Waals surface area contributed by atoms with Gasteiger partial charge in [-0.05, 0) is 12.1 Å². The number of carboxylic acids is 1. The van der Waals surface area contributed by atoms with Gasteiger partial charge in [-0.1, -0.05) is 30.0 Å². The second-order valence-corrected chi connectivity index (χ2v) is 5.73. The van der Waals surface area contributed by atoms with Gasteiger partial charge in [0, 0.05) is 0 Å². The molecule has 0 radical (unpaired) electrons. The van der Waals surface area contributed by atoms with E-state index in [1.807, 2.05) is 18.2 Å². The van der Waals surface area contributed by atoms with E-state index in [9.17, 15) is 14.7 Å². The second kappa shape index (κ2) is 5.38.